The Morgan fingerprint density at radius 2 is 1.80 bits per heavy atom. The van der Waals surface area contributed by atoms with Gasteiger partial charge in [0.05, 0.1) is 18.2 Å². The van der Waals surface area contributed by atoms with Crippen LogP contribution < -0.4 is 20.5 Å². The summed E-state index contributed by atoms with van der Waals surface area (Å²) in [7, 11) is 1.28. The van der Waals surface area contributed by atoms with Crippen molar-refractivity contribution in [3.63, 3.8) is 0 Å². The first-order valence-corrected chi connectivity index (χ1v) is 9.81. The van der Waals surface area contributed by atoms with E-state index >= 15 is 0 Å². The second-order valence-corrected chi connectivity index (χ2v) is 6.95. The number of esters is 1. The van der Waals surface area contributed by atoms with Gasteiger partial charge in [0, 0.05) is 11.4 Å². The molecule has 0 saturated heterocycles. The third-order valence-electron chi connectivity index (χ3n) is 4.35. The van der Waals surface area contributed by atoms with Crippen molar-refractivity contribution in [2.75, 3.05) is 25.6 Å². The predicted octanol–water partition coefficient (Wildman–Crippen LogP) is 3.21. The summed E-state index contributed by atoms with van der Waals surface area (Å²) >= 11 is 0. The first-order valence-electron chi connectivity index (χ1n) is 9.81. The first-order chi connectivity index (χ1) is 16.5. The number of allylic oxidation sites excluding steroid dienone is 1. The minimum absolute atomic E-state index is 0.00573. The summed E-state index contributed by atoms with van der Waals surface area (Å²) in [6.07, 6.45) is -4.56. The number of alkyl halides is 3. The Morgan fingerprint density at radius 3 is 2.40 bits per heavy atom. The van der Waals surface area contributed by atoms with Crippen molar-refractivity contribution in [2.45, 2.75) is 13.1 Å². The number of ketones is 1. The number of anilines is 1. The monoisotopic (exact) mass is 491 g/mol. The number of Topliss-reactive ketones (excluding diaryl/α,β-unsaturated/α-hetero) is 1. The zero-order valence-corrected chi connectivity index (χ0v) is 18.6. The minimum Gasteiger partial charge on any atom is -0.493 e. The van der Waals surface area contributed by atoms with Crippen LogP contribution in [0, 0.1) is 11.3 Å². The fourth-order valence-corrected chi connectivity index (χ4v) is 2.68. The summed E-state index contributed by atoms with van der Waals surface area (Å²) in [4.78, 5) is 36.2. The maximum Gasteiger partial charge on any atom is 0.416 e. The van der Waals surface area contributed by atoms with Gasteiger partial charge >= 0.3 is 12.1 Å². The highest BCUT2D eigenvalue weighted by Crippen LogP contribution is 2.31. The van der Waals surface area contributed by atoms with Crippen LogP contribution in [0.1, 0.15) is 22.8 Å². The van der Waals surface area contributed by atoms with E-state index in [-0.39, 0.29) is 34.0 Å². The van der Waals surface area contributed by atoms with Gasteiger partial charge in [0.2, 0.25) is 5.78 Å². The van der Waals surface area contributed by atoms with Crippen molar-refractivity contribution in [2.24, 2.45) is 5.73 Å². The molecular formula is C23H20F3N3O6. The molecule has 0 aromatic heterocycles. The number of nitrogens with one attached hydrogen (secondary N) is 1. The van der Waals surface area contributed by atoms with Gasteiger partial charge in [-0.3, -0.25) is 9.59 Å². The topological polar surface area (TPSA) is 141 Å². The number of rotatable bonds is 9. The molecule has 0 fully saturated rings. The molecule has 0 atom stereocenters. The molecule has 0 aliphatic heterocycles. The first kappa shape index (κ1) is 26.7. The van der Waals surface area contributed by atoms with E-state index in [9.17, 15) is 27.6 Å². The van der Waals surface area contributed by atoms with Crippen LogP contribution in [0.3, 0.4) is 0 Å². The molecule has 0 spiro atoms. The van der Waals surface area contributed by atoms with Crippen LogP contribution in [0.2, 0.25) is 0 Å². The lowest BCUT2D eigenvalue weighted by Crippen LogP contribution is -2.21. The summed E-state index contributed by atoms with van der Waals surface area (Å²) in [5.74, 6) is -2.28. The van der Waals surface area contributed by atoms with Gasteiger partial charge in [0.15, 0.2) is 24.7 Å². The van der Waals surface area contributed by atoms with Crippen molar-refractivity contribution >= 4 is 23.3 Å². The second kappa shape index (κ2) is 11.6. The molecule has 0 aliphatic rings. The Bertz CT molecular complexity index is 1200. The van der Waals surface area contributed by atoms with E-state index in [1.807, 2.05) is 0 Å². The number of methoxy groups -OCH3 is 1. The van der Waals surface area contributed by atoms with Crippen molar-refractivity contribution in [3.8, 4) is 17.6 Å². The van der Waals surface area contributed by atoms with Gasteiger partial charge in [0.25, 0.3) is 5.91 Å². The highest BCUT2D eigenvalue weighted by molar-refractivity contribution is 6.02. The van der Waals surface area contributed by atoms with Crippen molar-refractivity contribution in [1.29, 1.82) is 5.26 Å². The van der Waals surface area contributed by atoms with Gasteiger partial charge in [0.1, 0.15) is 11.6 Å². The molecule has 35 heavy (non-hydrogen) atoms. The van der Waals surface area contributed by atoms with E-state index in [0.29, 0.717) is 0 Å². The maximum absolute atomic E-state index is 12.8. The Kier molecular flexibility index (Phi) is 8.82. The highest BCUT2D eigenvalue weighted by atomic mass is 19.4. The third-order valence-corrected chi connectivity index (χ3v) is 4.35. The number of carbonyl (C=O) groups is 3. The zero-order chi connectivity index (χ0) is 26.2. The molecule has 2 aromatic rings. The van der Waals surface area contributed by atoms with Gasteiger partial charge < -0.3 is 25.3 Å². The Morgan fingerprint density at radius 1 is 1.09 bits per heavy atom. The van der Waals surface area contributed by atoms with Crippen LogP contribution in [0.15, 0.2) is 53.7 Å². The number of nitriles is 1. The summed E-state index contributed by atoms with van der Waals surface area (Å²) in [6, 6.07) is 9.57. The number of benzene rings is 2. The zero-order valence-electron chi connectivity index (χ0n) is 18.6. The van der Waals surface area contributed by atoms with E-state index in [1.165, 1.54) is 38.3 Å². The molecule has 1 amide bonds. The molecule has 2 rings (SSSR count). The normalized spacial score (nSPS) is 11.5. The van der Waals surface area contributed by atoms with Crippen molar-refractivity contribution in [1.82, 2.24) is 0 Å². The largest absolute Gasteiger partial charge is 0.493 e. The molecule has 3 N–H and O–H groups in total. The molecule has 0 heterocycles. The van der Waals surface area contributed by atoms with Gasteiger partial charge in [-0.1, -0.05) is 6.07 Å². The van der Waals surface area contributed by atoms with E-state index in [2.05, 4.69) is 5.32 Å². The number of hydrogen-bond acceptors (Lipinski definition) is 8. The smallest absolute Gasteiger partial charge is 0.416 e. The minimum atomic E-state index is -4.56. The van der Waals surface area contributed by atoms with Crippen LogP contribution in [0.4, 0.5) is 18.9 Å². The number of amides is 1. The number of nitrogens with zero attached hydrogens (tertiary/aromatic N) is 1. The number of nitrogens with two attached hydrogens (primary N) is 1. The Labute approximate surface area is 197 Å². The standard InChI is InChI=1S/C23H20F3N3O6/c1-13(28)17(10-27)18(30)11-35-22(32)14-6-7-19(20(8-14)33-2)34-12-21(31)29-16-5-3-4-15(9-16)23(24,25)26/h3-9H,11-12,28H2,1-2H3,(H,29,31). The van der Waals surface area contributed by atoms with E-state index in [1.54, 1.807) is 6.07 Å². The van der Waals surface area contributed by atoms with Crippen LogP contribution in [-0.2, 0) is 20.5 Å². The molecule has 2 aromatic carbocycles. The van der Waals surface area contributed by atoms with E-state index in [4.69, 9.17) is 25.2 Å². The molecule has 9 nitrogen and oxygen atoms in total. The lowest BCUT2D eigenvalue weighted by atomic mass is 10.1. The molecule has 0 aliphatic carbocycles. The average Bonchev–Trinajstić information content (AvgIpc) is 2.80. The van der Waals surface area contributed by atoms with Crippen LogP contribution >= 0.6 is 0 Å². The SMILES string of the molecule is COc1cc(C(=O)OCC(=O)C(C#N)=C(C)N)ccc1OCC(=O)Nc1cccc(C(F)(F)F)c1. The van der Waals surface area contributed by atoms with Crippen LogP contribution in [0.25, 0.3) is 0 Å². The van der Waals surface area contributed by atoms with Crippen LogP contribution in [-0.4, -0.2) is 38.0 Å². The quantitative estimate of drug-likeness (QED) is 0.310. The third kappa shape index (κ3) is 7.50. The molecular weight excluding hydrogens is 471 g/mol. The summed E-state index contributed by atoms with van der Waals surface area (Å²) < 4.78 is 53.8. The van der Waals surface area contributed by atoms with Gasteiger partial charge in [-0.15, -0.1) is 0 Å². The molecule has 0 unspecified atom stereocenters. The average molecular weight is 491 g/mol. The van der Waals surface area contributed by atoms with E-state index < -0.39 is 42.6 Å². The van der Waals surface area contributed by atoms with Crippen molar-refractivity contribution in [3.05, 3.63) is 64.9 Å². The highest BCUT2D eigenvalue weighted by Gasteiger charge is 2.30. The van der Waals surface area contributed by atoms with Gasteiger partial charge in [-0.05, 0) is 43.3 Å². The molecule has 0 bridgehead atoms. The fourth-order valence-electron chi connectivity index (χ4n) is 2.68. The van der Waals surface area contributed by atoms with Crippen LogP contribution in [0.5, 0.6) is 11.5 Å². The number of carbonyl (C=O) groups excluding carboxylic acids is 3. The maximum atomic E-state index is 12.8. The van der Waals surface area contributed by atoms with Crippen molar-refractivity contribution < 1.29 is 41.8 Å². The summed E-state index contributed by atoms with van der Waals surface area (Å²) in [5, 5.41) is 11.2. The fraction of sp³-hybridized carbons (Fsp3) is 0.217. The predicted molar refractivity (Wildman–Crippen MR) is 116 cm³/mol. The lowest BCUT2D eigenvalue weighted by molar-refractivity contribution is -0.137. The second-order valence-electron chi connectivity index (χ2n) is 6.95. The molecule has 12 heteroatoms. The van der Waals surface area contributed by atoms with Gasteiger partial charge in [-0.25, -0.2) is 4.79 Å². The van der Waals surface area contributed by atoms with E-state index in [0.717, 1.165) is 18.2 Å². The molecule has 0 saturated carbocycles. The number of hydrogen-bond donors (Lipinski definition) is 2. The molecule has 184 valence electrons. The Balaban J connectivity index is 2.00. The lowest BCUT2D eigenvalue weighted by Gasteiger charge is -2.13. The Hall–Kier alpha value is -4.53. The summed E-state index contributed by atoms with van der Waals surface area (Å²) in [6.45, 7) is 0.0981. The number of halogens is 3. The summed E-state index contributed by atoms with van der Waals surface area (Å²) in [5.41, 5.74) is 4.11. The molecule has 0 radical (unpaired) electrons. The van der Waals surface area contributed by atoms with Gasteiger partial charge in [-0.2, -0.15) is 18.4 Å². The number of ether oxygens (including phenoxy) is 3.